The SMILES string of the molecule is CCC(C)(C)NCC(C(=O)N1CCN(c2ncnc3c2C(CO)CC3)CC1)c1ccc(Cl)cc1. The summed E-state index contributed by atoms with van der Waals surface area (Å²) in [5.74, 6) is 0.904. The van der Waals surface area contributed by atoms with Gasteiger partial charge in [0.1, 0.15) is 12.1 Å². The number of aryl methyl sites for hydroxylation is 1. The molecule has 1 amide bonds. The first-order chi connectivity index (χ1) is 16.3. The lowest BCUT2D eigenvalue weighted by Gasteiger charge is -2.38. The number of piperazine rings is 1. The van der Waals surface area contributed by atoms with Gasteiger partial charge in [0.2, 0.25) is 5.91 Å². The van der Waals surface area contributed by atoms with E-state index in [2.05, 4.69) is 41.0 Å². The zero-order chi connectivity index (χ0) is 24.3. The predicted molar refractivity (Wildman–Crippen MR) is 136 cm³/mol. The molecule has 1 saturated heterocycles. The minimum atomic E-state index is -0.267. The number of rotatable bonds is 8. The van der Waals surface area contributed by atoms with Gasteiger partial charge in [0.15, 0.2) is 0 Å². The molecule has 184 valence electrons. The van der Waals surface area contributed by atoms with Gasteiger partial charge in [-0.1, -0.05) is 30.7 Å². The van der Waals surface area contributed by atoms with E-state index < -0.39 is 0 Å². The fourth-order valence-electron chi connectivity index (χ4n) is 4.83. The Labute approximate surface area is 207 Å². The number of fused-ring (bicyclic) bond motifs is 1. The van der Waals surface area contributed by atoms with Crippen LogP contribution in [0.2, 0.25) is 5.02 Å². The number of halogens is 1. The summed E-state index contributed by atoms with van der Waals surface area (Å²) < 4.78 is 0. The molecule has 0 saturated carbocycles. The highest BCUT2D eigenvalue weighted by atomic mass is 35.5. The van der Waals surface area contributed by atoms with Crippen molar-refractivity contribution in [2.24, 2.45) is 0 Å². The quantitative estimate of drug-likeness (QED) is 0.596. The van der Waals surface area contributed by atoms with E-state index in [1.807, 2.05) is 29.2 Å². The van der Waals surface area contributed by atoms with Crippen LogP contribution in [0.25, 0.3) is 0 Å². The van der Waals surface area contributed by atoms with Crippen LogP contribution >= 0.6 is 11.6 Å². The molecule has 1 aliphatic carbocycles. The number of carbonyl (C=O) groups excluding carboxylic acids is 1. The van der Waals surface area contributed by atoms with Gasteiger partial charge in [0, 0.05) is 60.5 Å². The van der Waals surface area contributed by atoms with Crippen molar-refractivity contribution in [1.29, 1.82) is 0 Å². The Morgan fingerprint density at radius 2 is 1.91 bits per heavy atom. The number of nitrogens with zero attached hydrogens (tertiary/aromatic N) is 4. The third kappa shape index (κ3) is 5.37. The molecule has 0 bridgehead atoms. The third-order valence-corrected chi connectivity index (χ3v) is 7.69. The molecular formula is C26H36ClN5O2. The molecule has 34 heavy (non-hydrogen) atoms. The Kier molecular flexibility index (Phi) is 7.75. The lowest BCUT2D eigenvalue weighted by molar-refractivity contribution is -0.133. The maximum absolute atomic E-state index is 13.7. The Balaban J connectivity index is 1.47. The standard InChI is InChI=1S/C26H36ClN5O2/c1-4-26(2,3)30-15-21(18-5-8-20(27)9-6-18)25(34)32-13-11-31(12-14-32)24-23-19(16-33)7-10-22(23)28-17-29-24/h5-6,8-9,17,19,21,30,33H,4,7,10-16H2,1-3H3. The van der Waals surface area contributed by atoms with Crippen LogP contribution in [0.4, 0.5) is 5.82 Å². The van der Waals surface area contributed by atoms with Crippen LogP contribution in [0.5, 0.6) is 0 Å². The van der Waals surface area contributed by atoms with E-state index in [9.17, 15) is 9.90 Å². The zero-order valence-electron chi connectivity index (χ0n) is 20.4. The molecule has 2 heterocycles. The number of nitrogens with one attached hydrogen (secondary N) is 1. The fraction of sp³-hybridized carbons (Fsp3) is 0.577. The van der Waals surface area contributed by atoms with Crippen molar-refractivity contribution in [3.8, 4) is 0 Å². The molecule has 2 N–H and O–H groups in total. The summed E-state index contributed by atoms with van der Waals surface area (Å²) in [5.41, 5.74) is 3.08. The first-order valence-corrected chi connectivity index (χ1v) is 12.7. The summed E-state index contributed by atoms with van der Waals surface area (Å²) in [4.78, 5) is 26.9. The van der Waals surface area contributed by atoms with E-state index in [0.717, 1.165) is 41.9 Å². The summed E-state index contributed by atoms with van der Waals surface area (Å²) in [5, 5.41) is 14.1. The second kappa shape index (κ2) is 10.6. The lowest BCUT2D eigenvalue weighted by atomic mass is 9.94. The van der Waals surface area contributed by atoms with Crippen LogP contribution in [0.3, 0.4) is 0 Å². The fourth-order valence-corrected chi connectivity index (χ4v) is 4.96. The first-order valence-electron chi connectivity index (χ1n) is 12.3. The van der Waals surface area contributed by atoms with E-state index in [0.29, 0.717) is 37.7 Å². The topological polar surface area (TPSA) is 81.6 Å². The van der Waals surface area contributed by atoms with E-state index >= 15 is 0 Å². The average Bonchev–Trinajstić information content (AvgIpc) is 3.28. The van der Waals surface area contributed by atoms with Crippen molar-refractivity contribution >= 4 is 23.3 Å². The molecule has 4 rings (SSSR count). The third-order valence-electron chi connectivity index (χ3n) is 7.43. The Morgan fingerprint density at radius 1 is 1.21 bits per heavy atom. The molecule has 1 fully saturated rings. The second-order valence-corrected chi connectivity index (χ2v) is 10.4. The number of carbonyl (C=O) groups is 1. The van der Waals surface area contributed by atoms with E-state index in [-0.39, 0.29) is 29.9 Å². The summed E-state index contributed by atoms with van der Waals surface area (Å²) in [6, 6.07) is 7.63. The van der Waals surface area contributed by atoms with Crippen LogP contribution in [0.15, 0.2) is 30.6 Å². The Bertz CT molecular complexity index is 989. The van der Waals surface area contributed by atoms with Crippen molar-refractivity contribution in [2.75, 3.05) is 44.2 Å². The van der Waals surface area contributed by atoms with Gasteiger partial charge in [-0.2, -0.15) is 0 Å². The van der Waals surface area contributed by atoms with E-state index in [4.69, 9.17) is 11.6 Å². The number of anilines is 1. The van der Waals surface area contributed by atoms with Crippen LogP contribution in [-0.2, 0) is 11.2 Å². The van der Waals surface area contributed by atoms with Gasteiger partial charge >= 0.3 is 0 Å². The first kappa shape index (κ1) is 24.9. The smallest absolute Gasteiger partial charge is 0.231 e. The number of hydrogen-bond acceptors (Lipinski definition) is 6. The molecule has 0 radical (unpaired) electrons. The van der Waals surface area contributed by atoms with Gasteiger partial charge in [-0.25, -0.2) is 9.97 Å². The molecule has 2 unspecified atom stereocenters. The molecule has 2 aliphatic rings. The predicted octanol–water partition coefficient (Wildman–Crippen LogP) is 3.36. The van der Waals surface area contributed by atoms with Gasteiger partial charge in [0.05, 0.1) is 12.5 Å². The molecule has 1 aliphatic heterocycles. The van der Waals surface area contributed by atoms with Crippen molar-refractivity contribution in [3.63, 3.8) is 0 Å². The number of aliphatic hydroxyl groups excluding tert-OH is 1. The molecule has 1 aromatic heterocycles. The number of benzene rings is 1. The second-order valence-electron chi connectivity index (χ2n) is 10.0. The van der Waals surface area contributed by atoms with Gasteiger partial charge in [0.25, 0.3) is 0 Å². The van der Waals surface area contributed by atoms with Crippen LogP contribution in [0.1, 0.15) is 62.3 Å². The zero-order valence-corrected chi connectivity index (χ0v) is 21.2. The molecular weight excluding hydrogens is 450 g/mol. The number of aromatic nitrogens is 2. The van der Waals surface area contributed by atoms with E-state index in [1.165, 1.54) is 0 Å². The van der Waals surface area contributed by atoms with Gasteiger partial charge in [-0.15, -0.1) is 0 Å². The highest BCUT2D eigenvalue weighted by Gasteiger charge is 2.33. The molecule has 7 nitrogen and oxygen atoms in total. The van der Waals surface area contributed by atoms with Crippen LogP contribution in [0, 0.1) is 0 Å². The maximum atomic E-state index is 13.7. The van der Waals surface area contributed by atoms with Crippen LogP contribution < -0.4 is 10.2 Å². The lowest BCUT2D eigenvalue weighted by Crippen LogP contribution is -2.52. The largest absolute Gasteiger partial charge is 0.396 e. The minimum absolute atomic E-state index is 0.0414. The number of amides is 1. The van der Waals surface area contributed by atoms with Gasteiger partial charge < -0.3 is 20.2 Å². The van der Waals surface area contributed by atoms with Crippen molar-refractivity contribution in [3.05, 3.63) is 52.4 Å². The summed E-state index contributed by atoms with van der Waals surface area (Å²) >= 11 is 6.11. The van der Waals surface area contributed by atoms with Gasteiger partial charge in [-0.05, 0) is 50.8 Å². The van der Waals surface area contributed by atoms with Crippen molar-refractivity contribution in [2.45, 2.75) is 57.4 Å². The maximum Gasteiger partial charge on any atom is 0.231 e. The normalized spacial score (nSPS) is 19.3. The van der Waals surface area contributed by atoms with Gasteiger partial charge in [-0.3, -0.25) is 4.79 Å². The molecule has 2 aromatic rings. The van der Waals surface area contributed by atoms with Crippen molar-refractivity contribution in [1.82, 2.24) is 20.2 Å². The minimum Gasteiger partial charge on any atom is -0.396 e. The van der Waals surface area contributed by atoms with E-state index in [1.54, 1.807) is 6.33 Å². The summed E-state index contributed by atoms with van der Waals surface area (Å²) in [6.07, 6.45) is 4.41. The monoisotopic (exact) mass is 485 g/mol. The van der Waals surface area contributed by atoms with Crippen molar-refractivity contribution < 1.29 is 9.90 Å². The van der Waals surface area contributed by atoms with Crippen LogP contribution in [-0.4, -0.2) is 70.8 Å². The molecule has 0 spiro atoms. The number of aliphatic hydroxyl groups is 1. The average molecular weight is 486 g/mol. The Hall–Kier alpha value is -2.22. The summed E-state index contributed by atoms with van der Waals surface area (Å²) in [6.45, 7) is 9.89. The number of hydrogen-bond donors (Lipinski definition) is 2. The molecule has 1 aromatic carbocycles. The summed E-state index contributed by atoms with van der Waals surface area (Å²) in [7, 11) is 0. The highest BCUT2D eigenvalue weighted by molar-refractivity contribution is 6.30. The molecule has 2 atom stereocenters. The molecule has 8 heteroatoms. The Morgan fingerprint density at radius 3 is 2.56 bits per heavy atom. The highest BCUT2D eigenvalue weighted by Crippen LogP contribution is 2.37.